The van der Waals surface area contributed by atoms with Gasteiger partial charge in [0.05, 0.1) is 6.16 Å². The van der Waals surface area contributed by atoms with E-state index >= 15 is 0 Å². The molecule has 2 rings (SSSR count). The Morgan fingerprint density at radius 1 is 1.37 bits per heavy atom. The first-order valence-electron chi connectivity index (χ1n) is 6.83. The fraction of sp³-hybridized carbons (Fsp3) is 0.571. The van der Waals surface area contributed by atoms with Gasteiger partial charge in [-0.3, -0.25) is 0 Å². The van der Waals surface area contributed by atoms with Gasteiger partial charge in [-0.1, -0.05) is 38.3 Å². The maximum absolute atomic E-state index is 14.4. The summed E-state index contributed by atoms with van der Waals surface area (Å²) in [7, 11) is -3.72. The molecule has 0 saturated heterocycles. The Kier molecular flexibility index (Phi) is 4.64. The van der Waals surface area contributed by atoms with Gasteiger partial charge in [-0.05, 0) is 30.4 Å². The third kappa shape index (κ3) is 3.58. The molecule has 0 heterocycles. The summed E-state index contributed by atoms with van der Waals surface area (Å²) in [4.78, 5) is 9.47. The highest BCUT2D eigenvalue weighted by Crippen LogP contribution is 2.44. The summed E-state index contributed by atoms with van der Waals surface area (Å²) >= 11 is 0. The smallest absolute Gasteiger partial charge is 0.376 e. The summed E-state index contributed by atoms with van der Waals surface area (Å²) < 4.78 is 30.9. The van der Waals surface area contributed by atoms with E-state index in [9.17, 15) is 13.8 Å². The maximum Gasteiger partial charge on any atom is 0.376 e. The highest BCUT2D eigenvalue weighted by molar-refractivity contribution is 7.53. The molecule has 1 N–H and O–H groups in total. The molecule has 1 aromatic rings. The molecular weight excluding hydrogens is 266 g/mol. The van der Waals surface area contributed by atoms with Crippen LogP contribution in [0.3, 0.4) is 0 Å². The van der Waals surface area contributed by atoms with E-state index in [-0.39, 0.29) is 17.8 Å². The molecule has 3 nitrogen and oxygen atoms in total. The zero-order valence-electron chi connectivity index (χ0n) is 11.1. The molecule has 1 aliphatic rings. The van der Waals surface area contributed by atoms with Crippen molar-refractivity contribution < 1.29 is 18.4 Å². The summed E-state index contributed by atoms with van der Waals surface area (Å²) in [6, 6.07) is 4.87. The summed E-state index contributed by atoms with van der Waals surface area (Å²) in [5.74, 6) is -0.370. The molecule has 0 aromatic heterocycles. The summed E-state index contributed by atoms with van der Waals surface area (Å²) in [5.41, 5.74) is 0.619. The lowest BCUT2D eigenvalue weighted by Gasteiger charge is -2.23. The maximum atomic E-state index is 14.4. The Bertz CT molecular complexity index is 484. The molecule has 19 heavy (non-hydrogen) atoms. The van der Waals surface area contributed by atoms with Crippen LogP contribution in [0.25, 0.3) is 0 Å². The van der Waals surface area contributed by atoms with Gasteiger partial charge in [0.25, 0.3) is 0 Å². The molecule has 0 amide bonds. The molecule has 0 aliphatic heterocycles. The Balaban J connectivity index is 2.24. The van der Waals surface area contributed by atoms with Crippen LogP contribution in [0.5, 0.6) is 5.75 Å². The monoisotopic (exact) mass is 286 g/mol. The number of halogens is 1. The minimum absolute atomic E-state index is 0.0277. The van der Waals surface area contributed by atoms with E-state index in [0.717, 1.165) is 25.7 Å². The number of hydrogen-bond acceptors (Lipinski definition) is 2. The van der Waals surface area contributed by atoms with E-state index < -0.39 is 13.4 Å². The van der Waals surface area contributed by atoms with Gasteiger partial charge in [-0.2, -0.15) is 0 Å². The standard InChI is InChI=1S/C14H20FO3P/c1-2-19(16,17)18-13-10-6-9-12(14(13)15)11-7-4-3-5-8-11/h6,9-11H,2-5,7-8H2,1H3,(H,16,17). The van der Waals surface area contributed by atoms with E-state index in [1.165, 1.54) is 12.5 Å². The molecule has 1 aliphatic carbocycles. The van der Waals surface area contributed by atoms with Gasteiger partial charge >= 0.3 is 7.60 Å². The summed E-state index contributed by atoms with van der Waals surface area (Å²) in [5, 5.41) is 0. The Morgan fingerprint density at radius 3 is 2.68 bits per heavy atom. The quantitative estimate of drug-likeness (QED) is 0.831. The van der Waals surface area contributed by atoms with E-state index in [0.29, 0.717) is 5.56 Å². The van der Waals surface area contributed by atoms with Crippen LogP contribution in [-0.2, 0) is 4.57 Å². The number of rotatable bonds is 4. The SMILES string of the molecule is CCP(=O)(O)Oc1cccc(C2CCCCC2)c1F. The number of hydrogen-bond donors (Lipinski definition) is 1. The van der Waals surface area contributed by atoms with Crippen LogP contribution < -0.4 is 4.52 Å². The van der Waals surface area contributed by atoms with Crippen molar-refractivity contribution in [3.8, 4) is 5.75 Å². The lowest BCUT2D eigenvalue weighted by molar-refractivity contribution is 0.366. The molecule has 106 valence electrons. The Morgan fingerprint density at radius 2 is 2.05 bits per heavy atom. The van der Waals surface area contributed by atoms with Crippen LogP contribution in [0.4, 0.5) is 4.39 Å². The summed E-state index contributed by atoms with van der Waals surface area (Å²) in [6.07, 6.45) is 5.36. The third-order valence-corrected chi connectivity index (χ3v) is 4.96. The van der Waals surface area contributed by atoms with Crippen LogP contribution in [0.15, 0.2) is 18.2 Å². The van der Waals surface area contributed by atoms with E-state index in [1.54, 1.807) is 19.1 Å². The van der Waals surface area contributed by atoms with Crippen LogP contribution in [-0.4, -0.2) is 11.1 Å². The molecule has 1 unspecified atom stereocenters. The van der Waals surface area contributed by atoms with Crippen molar-refractivity contribution in [1.82, 2.24) is 0 Å². The molecule has 5 heteroatoms. The van der Waals surface area contributed by atoms with Crippen molar-refractivity contribution in [1.29, 1.82) is 0 Å². The average Bonchev–Trinajstić information content (AvgIpc) is 2.42. The first kappa shape index (κ1) is 14.5. The van der Waals surface area contributed by atoms with Gasteiger partial charge in [0.1, 0.15) is 0 Å². The summed E-state index contributed by atoms with van der Waals surface area (Å²) in [6.45, 7) is 1.55. The Labute approximate surface area is 113 Å². The first-order valence-corrected chi connectivity index (χ1v) is 8.59. The van der Waals surface area contributed by atoms with Crippen molar-refractivity contribution in [3.05, 3.63) is 29.6 Å². The van der Waals surface area contributed by atoms with Gasteiger partial charge in [0.2, 0.25) is 0 Å². The van der Waals surface area contributed by atoms with Crippen molar-refractivity contribution >= 4 is 7.60 Å². The van der Waals surface area contributed by atoms with Crippen LogP contribution >= 0.6 is 7.60 Å². The lowest BCUT2D eigenvalue weighted by Crippen LogP contribution is -2.07. The van der Waals surface area contributed by atoms with Crippen molar-refractivity contribution in [2.24, 2.45) is 0 Å². The number of benzene rings is 1. The van der Waals surface area contributed by atoms with E-state index in [1.807, 2.05) is 0 Å². The van der Waals surface area contributed by atoms with E-state index in [4.69, 9.17) is 4.52 Å². The molecule has 0 radical (unpaired) electrons. The van der Waals surface area contributed by atoms with Gasteiger partial charge in [0.15, 0.2) is 11.6 Å². The van der Waals surface area contributed by atoms with Crippen molar-refractivity contribution in [2.45, 2.75) is 44.9 Å². The predicted octanol–water partition coefficient (Wildman–Crippen LogP) is 4.46. The molecule has 0 bridgehead atoms. The average molecular weight is 286 g/mol. The Hall–Kier alpha value is -0.860. The second kappa shape index (κ2) is 6.06. The molecule has 1 aromatic carbocycles. The first-order chi connectivity index (χ1) is 9.03. The molecule has 1 atom stereocenters. The molecule has 0 spiro atoms. The van der Waals surface area contributed by atoms with Crippen LogP contribution in [0.2, 0.25) is 0 Å². The van der Waals surface area contributed by atoms with Gasteiger partial charge in [-0.15, -0.1) is 0 Å². The topological polar surface area (TPSA) is 46.5 Å². The van der Waals surface area contributed by atoms with E-state index in [2.05, 4.69) is 0 Å². The van der Waals surface area contributed by atoms with Crippen LogP contribution in [0, 0.1) is 5.82 Å². The highest BCUT2D eigenvalue weighted by Gasteiger charge is 2.24. The molecule has 1 saturated carbocycles. The zero-order valence-corrected chi connectivity index (χ0v) is 12.0. The van der Waals surface area contributed by atoms with Gasteiger partial charge in [-0.25, -0.2) is 8.96 Å². The van der Waals surface area contributed by atoms with Crippen molar-refractivity contribution in [3.63, 3.8) is 0 Å². The van der Waals surface area contributed by atoms with Gasteiger partial charge in [0, 0.05) is 0 Å². The molecular formula is C14H20FO3P. The minimum atomic E-state index is -3.72. The van der Waals surface area contributed by atoms with Gasteiger partial charge < -0.3 is 9.42 Å². The molecule has 1 fully saturated rings. The largest absolute Gasteiger partial charge is 0.421 e. The third-order valence-electron chi connectivity index (χ3n) is 3.68. The lowest BCUT2D eigenvalue weighted by atomic mass is 9.84. The minimum Gasteiger partial charge on any atom is -0.421 e. The van der Waals surface area contributed by atoms with Crippen LogP contribution in [0.1, 0.15) is 50.5 Å². The fourth-order valence-corrected chi connectivity index (χ4v) is 3.12. The second-order valence-corrected chi connectivity index (χ2v) is 7.13. The zero-order chi connectivity index (χ0) is 13.9. The normalized spacial score (nSPS) is 19.9. The fourth-order valence-electron chi connectivity index (χ4n) is 2.55. The highest BCUT2D eigenvalue weighted by atomic mass is 31.2. The second-order valence-electron chi connectivity index (χ2n) is 5.04. The predicted molar refractivity (Wildman–Crippen MR) is 73.2 cm³/mol. The van der Waals surface area contributed by atoms with Crippen molar-refractivity contribution in [2.75, 3.05) is 6.16 Å².